The number of carbonyl (C=O) groups is 6. The molecule has 0 heterocycles. The molecule has 0 aromatic heterocycles. The monoisotopic (exact) mass is 664 g/mol. The molecule has 1 aromatic carbocycles. The van der Waals surface area contributed by atoms with E-state index in [4.69, 9.17) is 9.47 Å². The summed E-state index contributed by atoms with van der Waals surface area (Å²) < 4.78 is 11.2. The Morgan fingerprint density at radius 1 is 0.958 bits per heavy atom. The normalized spacial score (nSPS) is 38.2. The quantitative estimate of drug-likeness (QED) is 0.132. The number of ketones is 3. The molecular formula is C38H48O10. The van der Waals surface area contributed by atoms with Crippen molar-refractivity contribution in [2.45, 2.75) is 101 Å². The van der Waals surface area contributed by atoms with Gasteiger partial charge in [-0.3, -0.25) is 24.0 Å². The molecule has 4 aliphatic carbocycles. The lowest BCUT2D eigenvalue weighted by molar-refractivity contribution is -0.217. The number of benzene rings is 1. The molecule has 0 amide bonds. The Hall–Kier alpha value is -3.82. The summed E-state index contributed by atoms with van der Waals surface area (Å²) in [6.07, 6.45) is 3.41. The van der Waals surface area contributed by atoms with Gasteiger partial charge >= 0.3 is 11.9 Å². The van der Waals surface area contributed by atoms with Crippen LogP contribution in [0.2, 0.25) is 0 Å². The van der Waals surface area contributed by atoms with E-state index in [9.17, 15) is 29.4 Å². The number of phenols is 2. The van der Waals surface area contributed by atoms with Gasteiger partial charge in [0.1, 0.15) is 29.3 Å². The second-order valence-corrected chi connectivity index (χ2v) is 16.0. The third-order valence-corrected chi connectivity index (χ3v) is 13.5. The molecule has 0 radical (unpaired) electrons. The van der Waals surface area contributed by atoms with Crippen molar-refractivity contribution in [2.24, 2.45) is 44.3 Å². The van der Waals surface area contributed by atoms with E-state index in [1.54, 1.807) is 20.8 Å². The number of ether oxygens (including phenoxy) is 2. The average molecular weight is 665 g/mol. The fourth-order valence-electron chi connectivity index (χ4n) is 11.1. The van der Waals surface area contributed by atoms with Crippen LogP contribution in [-0.2, 0) is 39.9 Å². The molecule has 0 unspecified atom stereocenters. The van der Waals surface area contributed by atoms with E-state index in [2.05, 4.69) is 0 Å². The van der Waals surface area contributed by atoms with Gasteiger partial charge in [0.25, 0.3) is 0 Å². The van der Waals surface area contributed by atoms with E-state index in [1.807, 2.05) is 26.8 Å². The van der Waals surface area contributed by atoms with E-state index in [-0.39, 0.29) is 34.8 Å². The number of allylic oxidation sites excluding steroid dienone is 2. The fourth-order valence-corrected chi connectivity index (χ4v) is 11.1. The maximum Gasteiger partial charge on any atom is 0.321 e. The first-order chi connectivity index (χ1) is 22.1. The van der Waals surface area contributed by atoms with Gasteiger partial charge in [-0.25, -0.2) is 0 Å². The topological polar surface area (TPSA) is 161 Å². The van der Waals surface area contributed by atoms with Crippen LogP contribution in [0.3, 0.4) is 0 Å². The molecule has 1 aromatic rings. The van der Waals surface area contributed by atoms with Crippen LogP contribution in [-0.4, -0.2) is 59.0 Å². The zero-order chi connectivity index (χ0) is 36.2. The second kappa shape index (κ2) is 10.8. The van der Waals surface area contributed by atoms with Crippen molar-refractivity contribution in [3.8, 4) is 11.5 Å². The summed E-state index contributed by atoms with van der Waals surface area (Å²) >= 11 is 0. The molecule has 5 rings (SSSR count). The first-order valence-corrected chi connectivity index (χ1v) is 16.7. The van der Waals surface area contributed by atoms with Gasteiger partial charge in [-0.15, -0.1) is 0 Å². The lowest BCUT2D eigenvalue weighted by Gasteiger charge is -2.67. The Morgan fingerprint density at radius 2 is 1.58 bits per heavy atom. The van der Waals surface area contributed by atoms with Crippen LogP contribution in [0.25, 0.3) is 0 Å². The maximum absolute atomic E-state index is 15.5. The van der Waals surface area contributed by atoms with Crippen LogP contribution in [0.15, 0.2) is 17.7 Å². The maximum atomic E-state index is 15.5. The number of hydrogen-bond donors (Lipinski definition) is 2. The molecule has 0 bridgehead atoms. The highest BCUT2D eigenvalue weighted by Crippen LogP contribution is 2.77. The number of fused-ring (bicyclic) bond motifs is 5. The number of hydrogen-bond acceptors (Lipinski definition) is 10. The Bertz CT molecular complexity index is 1700. The van der Waals surface area contributed by atoms with Gasteiger partial charge in [-0.1, -0.05) is 32.4 Å². The predicted molar refractivity (Wildman–Crippen MR) is 174 cm³/mol. The molecule has 4 aliphatic rings. The lowest BCUT2D eigenvalue weighted by atomic mass is 9.33. The van der Waals surface area contributed by atoms with Crippen molar-refractivity contribution in [2.75, 3.05) is 7.11 Å². The van der Waals surface area contributed by atoms with Crippen LogP contribution in [0, 0.1) is 51.2 Å². The zero-order valence-corrected chi connectivity index (χ0v) is 29.7. The number of aryl methyl sites for hydroxylation is 1. The van der Waals surface area contributed by atoms with Gasteiger partial charge in [0.15, 0.2) is 17.3 Å². The van der Waals surface area contributed by atoms with Crippen molar-refractivity contribution in [1.82, 2.24) is 0 Å². The highest BCUT2D eigenvalue weighted by Gasteiger charge is 2.85. The molecule has 3 fully saturated rings. The molecular weight excluding hydrogens is 616 g/mol. The van der Waals surface area contributed by atoms with Crippen LogP contribution < -0.4 is 0 Å². The summed E-state index contributed by atoms with van der Waals surface area (Å²) in [7, 11) is 1.18. The molecule has 0 spiro atoms. The summed E-state index contributed by atoms with van der Waals surface area (Å²) in [5, 5.41) is 22.3. The first-order valence-electron chi connectivity index (χ1n) is 16.7. The predicted octanol–water partition coefficient (Wildman–Crippen LogP) is 5.40. The summed E-state index contributed by atoms with van der Waals surface area (Å²) in [5.74, 6) is -4.82. The summed E-state index contributed by atoms with van der Waals surface area (Å²) in [5.41, 5.74) is -8.11. The number of aromatic hydroxyl groups is 2. The molecule has 2 N–H and O–H groups in total. The van der Waals surface area contributed by atoms with Crippen molar-refractivity contribution in [3.05, 3.63) is 34.4 Å². The van der Waals surface area contributed by atoms with Crippen molar-refractivity contribution < 1.29 is 48.5 Å². The standard InChI is InChI=1S/C38H48O10/c1-19-15-23(21(3)40)29(43)24(28(19)42)17-34(7)30(44)36(9)20(2)16-26-35(8,38(36,31(34)45)32(46)47-10)13-11-25-33(5,6)27(48-22(4)41)12-14-37(25,26)18-39/h15-16,18,25-27,42-43H,11-14,17H2,1-10H3/t25-,26-,27+,34-,35+,36+,37+,38-/m1/s1. The minimum atomic E-state index is -2.07. The molecule has 0 saturated heterocycles. The van der Waals surface area contributed by atoms with Crippen LogP contribution in [0.4, 0.5) is 0 Å². The second-order valence-electron chi connectivity index (χ2n) is 16.0. The Balaban J connectivity index is 1.76. The van der Waals surface area contributed by atoms with Crippen molar-refractivity contribution in [1.29, 1.82) is 0 Å². The third-order valence-electron chi connectivity index (χ3n) is 13.5. The highest BCUT2D eigenvalue weighted by molar-refractivity contribution is 6.28. The number of Topliss-reactive ketones (excluding diaryl/α,β-unsaturated/α-hetero) is 3. The Morgan fingerprint density at radius 3 is 2.12 bits per heavy atom. The average Bonchev–Trinajstić information content (AvgIpc) is 3.15. The van der Waals surface area contributed by atoms with Gasteiger partial charge < -0.3 is 24.5 Å². The van der Waals surface area contributed by atoms with Crippen molar-refractivity contribution in [3.63, 3.8) is 0 Å². The fraction of sp³-hybridized carbons (Fsp3) is 0.632. The summed E-state index contributed by atoms with van der Waals surface area (Å²) in [6.45, 7) is 14.7. The van der Waals surface area contributed by atoms with E-state index in [1.165, 1.54) is 33.9 Å². The molecule has 8 atom stereocenters. The molecule has 260 valence electrons. The van der Waals surface area contributed by atoms with E-state index in [0.29, 0.717) is 24.8 Å². The lowest BCUT2D eigenvalue weighted by Crippen LogP contribution is -2.70. The van der Waals surface area contributed by atoms with Gasteiger partial charge in [-0.2, -0.15) is 0 Å². The molecule has 0 aliphatic heterocycles. The van der Waals surface area contributed by atoms with Crippen molar-refractivity contribution >= 4 is 35.6 Å². The van der Waals surface area contributed by atoms with Crippen LogP contribution in [0.5, 0.6) is 11.5 Å². The van der Waals surface area contributed by atoms with Crippen LogP contribution in [0.1, 0.15) is 103 Å². The van der Waals surface area contributed by atoms with Gasteiger partial charge in [-0.05, 0) is 95.6 Å². The Labute approximate surface area is 281 Å². The SMILES string of the molecule is COC(=O)[C@@]12C(=O)[C@](C)(Cc3c(O)c(C)cc(C(C)=O)c3O)C(=O)[C@]1(C)C(C)=C[C@H]1[C@]3(C=O)CC[C@H](OC(C)=O)C(C)(C)[C@H]3CC[C@@]12C. The number of rotatable bonds is 6. The largest absolute Gasteiger partial charge is 0.507 e. The summed E-state index contributed by atoms with van der Waals surface area (Å²) in [4.78, 5) is 83.1. The molecule has 10 nitrogen and oxygen atoms in total. The minimum Gasteiger partial charge on any atom is -0.507 e. The van der Waals surface area contributed by atoms with E-state index in [0.717, 1.165) is 6.29 Å². The number of esters is 2. The molecule has 3 saturated carbocycles. The molecule has 10 heteroatoms. The van der Waals surface area contributed by atoms with Gasteiger partial charge in [0.05, 0.1) is 23.5 Å². The zero-order valence-electron chi connectivity index (χ0n) is 29.7. The van der Waals surface area contributed by atoms with Crippen LogP contribution >= 0.6 is 0 Å². The Kier molecular flexibility index (Phi) is 8.01. The molecule has 48 heavy (non-hydrogen) atoms. The number of aldehydes is 1. The van der Waals surface area contributed by atoms with Gasteiger partial charge in [0.2, 0.25) is 0 Å². The summed E-state index contributed by atoms with van der Waals surface area (Å²) in [6, 6.07) is 1.35. The number of methoxy groups -OCH3 is 1. The van der Waals surface area contributed by atoms with Gasteiger partial charge in [0, 0.05) is 23.3 Å². The minimum absolute atomic E-state index is 0.0607. The smallest absolute Gasteiger partial charge is 0.321 e. The van der Waals surface area contributed by atoms with E-state index < -0.39 is 86.0 Å². The highest BCUT2D eigenvalue weighted by atomic mass is 16.5. The third kappa shape index (κ3) is 3.97. The number of phenolic OH excluding ortho intramolecular Hbond substituents is 2. The van der Waals surface area contributed by atoms with E-state index >= 15 is 9.59 Å². The number of carbonyl (C=O) groups excluding carboxylic acids is 6. The first kappa shape index (κ1) is 35.5.